The summed E-state index contributed by atoms with van der Waals surface area (Å²) in [5, 5.41) is 8.61. The van der Waals surface area contributed by atoms with Gasteiger partial charge in [-0.2, -0.15) is 0 Å². The van der Waals surface area contributed by atoms with Crippen molar-refractivity contribution in [1.82, 2.24) is 0 Å². The molecule has 1 aliphatic carbocycles. The summed E-state index contributed by atoms with van der Waals surface area (Å²) < 4.78 is 11.2. The molecule has 0 bridgehead atoms. The van der Waals surface area contributed by atoms with Gasteiger partial charge in [-0.05, 0) is 37.5 Å². The molecule has 0 unspecified atom stereocenters. The van der Waals surface area contributed by atoms with Crippen molar-refractivity contribution in [1.29, 1.82) is 0 Å². The molecule has 0 heterocycles. The number of hydrogen-bond donors (Lipinski definition) is 2. The highest BCUT2D eigenvalue weighted by molar-refractivity contribution is 4.89. The highest BCUT2D eigenvalue weighted by atomic mass is 16.5. The van der Waals surface area contributed by atoms with E-state index < -0.39 is 0 Å². The second kappa shape index (κ2) is 8.10. The zero-order valence-corrected chi connectivity index (χ0v) is 11.9. The fourth-order valence-electron chi connectivity index (χ4n) is 2.72. The van der Waals surface area contributed by atoms with Gasteiger partial charge in [0.2, 0.25) is 0 Å². The third-order valence-electron chi connectivity index (χ3n) is 4.13. The summed E-state index contributed by atoms with van der Waals surface area (Å²) in [6, 6.07) is 0. The second-order valence-electron chi connectivity index (χ2n) is 5.65. The third kappa shape index (κ3) is 4.84. The monoisotopic (exact) mass is 259 g/mol. The molecule has 3 N–H and O–H groups in total. The predicted octanol–water partition coefficient (Wildman–Crippen LogP) is 1.56. The lowest BCUT2D eigenvalue weighted by molar-refractivity contribution is -0.0921. The van der Waals surface area contributed by atoms with Gasteiger partial charge in [0.1, 0.15) is 0 Å². The van der Waals surface area contributed by atoms with Gasteiger partial charge in [0.25, 0.3) is 0 Å². The van der Waals surface area contributed by atoms with Crippen molar-refractivity contribution >= 4 is 0 Å². The Kier molecular flexibility index (Phi) is 7.15. The molecule has 0 amide bonds. The summed E-state index contributed by atoms with van der Waals surface area (Å²) in [5.41, 5.74) is 5.76. The lowest BCUT2D eigenvalue weighted by Gasteiger charge is -2.40. The molecule has 1 aliphatic rings. The predicted molar refractivity (Wildman–Crippen MR) is 72.4 cm³/mol. The molecular formula is C14H29NO3. The number of aliphatic hydroxyl groups excluding tert-OH is 1. The number of hydrogen-bond acceptors (Lipinski definition) is 4. The first kappa shape index (κ1) is 15.9. The molecule has 0 atom stereocenters. The zero-order chi connectivity index (χ0) is 13.4. The molecule has 108 valence electrons. The normalized spacial score (nSPS) is 28.8. The van der Waals surface area contributed by atoms with Gasteiger partial charge in [0.15, 0.2) is 0 Å². The highest BCUT2D eigenvalue weighted by Crippen LogP contribution is 2.37. The van der Waals surface area contributed by atoms with Crippen molar-refractivity contribution in [3.05, 3.63) is 0 Å². The molecule has 4 nitrogen and oxygen atoms in total. The maximum absolute atomic E-state index is 8.61. The minimum Gasteiger partial charge on any atom is -0.394 e. The van der Waals surface area contributed by atoms with E-state index in [1.165, 1.54) is 12.8 Å². The minimum atomic E-state index is -0.131. The quantitative estimate of drug-likeness (QED) is 0.649. The number of aliphatic hydroxyl groups is 1. The van der Waals surface area contributed by atoms with E-state index in [2.05, 4.69) is 13.8 Å². The molecule has 1 rings (SSSR count). The van der Waals surface area contributed by atoms with Crippen molar-refractivity contribution in [2.45, 2.75) is 45.1 Å². The third-order valence-corrected chi connectivity index (χ3v) is 4.13. The van der Waals surface area contributed by atoms with Crippen LogP contribution in [0.5, 0.6) is 0 Å². The second-order valence-corrected chi connectivity index (χ2v) is 5.65. The van der Waals surface area contributed by atoms with Crippen molar-refractivity contribution in [2.24, 2.45) is 17.6 Å². The van der Waals surface area contributed by atoms with Crippen LogP contribution in [-0.4, -0.2) is 43.7 Å². The number of rotatable bonds is 8. The Morgan fingerprint density at radius 2 is 1.89 bits per heavy atom. The fraction of sp³-hybridized carbons (Fsp3) is 1.00. The average molecular weight is 259 g/mol. The number of ether oxygens (including phenoxy) is 2. The molecule has 0 spiro atoms. The first-order valence-electron chi connectivity index (χ1n) is 7.16. The fourth-order valence-corrected chi connectivity index (χ4v) is 2.72. The van der Waals surface area contributed by atoms with E-state index in [9.17, 15) is 0 Å². The van der Waals surface area contributed by atoms with E-state index in [0.717, 1.165) is 24.7 Å². The minimum absolute atomic E-state index is 0.0676. The van der Waals surface area contributed by atoms with Crippen LogP contribution in [0.1, 0.15) is 39.5 Å². The Morgan fingerprint density at radius 3 is 2.39 bits per heavy atom. The molecule has 18 heavy (non-hydrogen) atoms. The van der Waals surface area contributed by atoms with Gasteiger partial charge in [-0.1, -0.05) is 13.8 Å². The lowest BCUT2D eigenvalue weighted by atomic mass is 9.74. The molecule has 1 saturated carbocycles. The maximum Gasteiger partial charge on any atom is 0.0805 e. The van der Waals surface area contributed by atoms with Gasteiger partial charge in [-0.3, -0.25) is 0 Å². The SMILES string of the molecule is CC(C)C1CCC(CN)(OCCOCCO)CC1. The van der Waals surface area contributed by atoms with Crippen LogP contribution in [0.25, 0.3) is 0 Å². The van der Waals surface area contributed by atoms with Crippen LogP contribution in [0.2, 0.25) is 0 Å². The van der Waals surface area contributed by atoms with Crippen LogP contribution in [-0.2, 0) is 9.47 Å². The van der Waals surface area contributed by atoms with Gasteiger partial charge in [-0.15, -0.1) is 0 Å². The Hall–Kier alpha value is -0.160. The number of nitrogens with two attached hydrogens (primary N) is 1. The van der Waals surface area contributed by atoms with E-state index in [4.69, 9.17) is 20.3 Å². The molecule has 0 saturated heterocycles. The van der Waals surface area contributed by atoms with E-state index in [1.807, 2.05) is 0 Å². The summed E-state index contributed by atoms with van der Waals surface area (Å²) in [5.74, 6) is 1.58. The van der Waals surface area contributed by atoms with Crippen LogP contribution < -0.4 is 5.73 Å². The molecular weight excluding hydrogens is 230 g/mol. The largest absolute Gasteiger partial charge is 0.394 e. The standard InChI is InChI=1S/C14H29NO3/c1-12(2)13-3-5-14(11-15,6-4-13)18-10-9-17-8-7-16/h12-13,16H,3-11,15H2,1-2H3. The van der Waals surface area contributed by atoms with Crippen LogP contribution in [0.4, 0.5) is 0 Å². The molecule has 0 aromatic heterocycles. The summed E-state index contributed by atoms with van der Waals surface area (Å²) in [6.07, 6.45) is 4.55. The van der Waals surface area contributed by atoms with Crippen molar-refractivity contribution < 1.29 is 14.6 Å². The van der Waals surface area contributed by atoms with E-state index in [0.29, 0.717) is 26.4 Å². The molecule has 0 aliphatic heterocycles. The smallest absolute Gasteiger partial charge is 0.0805 e. The van der Waals surface area contributed by atoms with Gasteiger partial charge in [0, 0.05) is 6.54 Å². The van der Waals surface area contributed by atoms with Gasteiger partial charge < -0.3 is 20.3 Å². The average Bonchev–Trinajstić information content (AvgIpc) is 2.39. The first-order valence-corrected chi connectivity index (χ1v) is 7.16. The van der Waals surface area contributed by atoms with Crippen molar-refractivity contribution in [2.75, 3.05) is 33.0 Å². The first-order chi connectivity index (χ1) is 8.63. The summed E-state index contributed by atoms with van der Waals surface area (Å²) in [4.78, 5) is 0. The van der Waals surface area contributed by atoms with Crippen molar-refractivity contribution in [3.8, 4) is 0 Å². The van der Waals surface area contributed by atoms with Gasteiger partial charge in [0.05, 0.1) is 32.0 Å². The Morgan fingerprint density at radius 1 is 1.22 bits per heavy atom. The van der Waals surface area contributed by atoms with Crippen LogP contribution >= 0.6 is 0 Å². The highest BCUT2D eigenvalue weighted by Gasteiger charge is 2.35. The van der Waals surface area contributed by atoms with E-state index in [-0.39, 0.29) is 12.2 Å². The summed E-state index contributed by atoms with van der Waals surface area (Å²) in [6.45, 7) is 6.75. The van der Waals surface area contributed by atoms with Crippen LogP contribution in [0.3, 0.4) is 0 Å². The van der Waals surface area contributed by atoms with Crippen LogP contribution in [0.15, 0.2) is 0 Å². The van der Waals surface area contributed by atoms with Gasteiger partial charge >= 0.3 is 0 Å². The Balaban J connectivity index is 2.27. The summed E-state index contributed by atoms with van der Waals surface area (Å²) in [7, 11) is 0. The van der Waals surface area contributed by atoms with Gasteiger partial charge in [-0.25, -0.2) is 0 Å². The molecule has 0 radical (unpaired) electrons. The Labute approximate surface area is 111 Å². The molecule has 4 heteroatoms. The topological polar surface area (TPSA) is 64.7 Å². The maximum atomic E-state index is 8.61. The van der Waals surface area contributed by atoms with Crippen molar-refractivity contribution in [3.63, 3.8) is 0 Å². The molecule has 1 fully saturated rings. The zero-order valence-electron chi connectivity index (χ0n) is 11.9. The lowest BCUT2D eigenvalue weighted by Crippen LogP contribution is -2.45. The van der Waals surface area contributed by atoms with E-state index >= 15 is 0 Å². The van der Waals surface area contributed by atoms with Crippen LogP contribution in [0, 0.1) is 11.8 Å². The molecule has 0 aromatic rings. The summed E-state index contributed by atoms with van der Waals surface area (Å²) >= 11 is 0. The molecule has 0 aromatic carbocycles. The Bertz CT molecular complexity index is 213. The van der Waals surface area contributed by atoms with E-state index in [1.54, 1.807) is 0 Å².